The highest BCUT2D eigenvalue weighted by Crippen LogP contribution is 2.39. The number of methoxy groups -OCH3 is 1. The average molecular weight is 358 g/mol. The van der Waals surface area contributed by atoms with Crippen molar-refractivity contribution in [3.8, 4) is 5.88 Å². The lowest BCUT2D eigenvalue weighted by Crippen LogP contribution is -2.48. The van der Waals surface area contributed by atoms with Gasteiger partial charge in [0.2, 0.25) is 11.8 Å². The molecule has 2 fully saturated rings. The highest BCUT2D eigenvalue weighted by molar-refractivity contribution is 5.79. The zero-order chi connectivity index (χ0) is 18.1. The Kier molecular flexibility index (Phi) is 4.58. The van der Waals surface area contributed by atoms with E-state index in [-0.39, 0.29) is 24.5 Å². The Balaban J connectivity index is 1.54. The molecule has 4 rings (SSSR count). The van der Waals surface area contributed by atoms with Gasteiger partial charge in [-0.15, -0.1) is 0 Å². The molecule has 3 heterocycles. The number of rotatable bonds is 5. The van der Waals surface area contributed by atoms with Gasteiger partial charge in [-0.25, -0.2) is 4.98 Å². The largest absolute Gasteiger partial charge is 0.481 e. The maximum atomic E-state index is 12.9. The Morgan fingerprint density at radius 1 is 1.35 bits per heavy atom. The molecule has 1 saturated carbocycles. The second kappa shape index (κ2) is 7.03. The number of carbonyl (C=O) groups excluding carboxylic acids is 1. The van der Waals surface area contributed by atoms with E-state index in [2.05, 4.69) is 15.1 Å². The molecular formula is C18H22N4O4. The highest BCUT2D eigenvalue weighted by atomic mass is 16.5. The summed E-state index contributed by atoms with van der Waals surface area (Å²) in [5.74, 6) is 2.04. The number of aromatic nitrogens is 3. The van der Waals surface area contributed by atoms with Crippen molar-refractivity contribution < 1.29 is 18.8 Å². The fourth-order valence-corrected chi connectivity index (χ4v) is 3.24. The molecule has 1 saturated heterocycles. The first-order valence-corrected chi connectivity index (χ1v) is 8.90. The second-order valence-corrected chi connectivity index (χ2v) is 6.72. The van der Waals surface area contributed by atoms with E-state index in [0.29, 0.717) is 36.5 Å². The van der Waals surface area contributed by atoms with Crippen LogP contribution in [0.1, 0.15) is 49.1 Å². The lowest BCUT2D eigenvalue weighted by atomic mass is 10.1. The quantitative estimate of drug-likeness (QED) is 0.806. The average Bonchev–Trinajstić information content (AvgIpc) is 3.39. The summed E-state index contributed by atoms with van der Waals surface area (Å²) in [6.07, 6.45) is 2.17. The highest BCUT2D eigenvalue weighted by Gasteiger charge is 2.39. The summed E-state index contributed by atoms with van der Waals surface area (Å²) in [5, 5.41) is 4.08. The van der Waals surface area contributed by atoms with Gasteiger partial charge in [-0.05, 0) is 25.8 Å². The number of morpholine rings is 1. The molecular weight excluding hydrogens is 336 g/mol. The number of ether oxygens (including phenoxy) is 2. The van der Waals surface area contributed by atoms with Gasteiger partial charge >= 0.3 is 0 Å². The first-order chi connectivity index (χ1) is 12.7. The molecule has 0 N–H and O–H groups in total. The smallest absolute Gasteiger partial charge is 0.252 e. The molecule has 1 aliphatic heterocycles. The third kappa shape index (κ3) is 3.41. The summed E-state index contributed by atoms with van der Waals surface area (Å²) >= 11 is 0. The van der Waals surface area contributed by atoms with Gasteiger partial charge < -0.3 is 18.9 Å². The lowest BCUT2D eigenvalue weighted by molar-refractivity contribution is -0.146. The third-order valence-corrected chi connectivity index (χ3v) is 4.79. The van der Waals surface area contributed by atoms with Crippen LogP contribution in [-0.2, 0) is 16.0 Å². The molecule has 0 unspecified atom stereocenters. The zero-order valence-corrected chi connectivity index (χ0v) is 14.9. The molecule has 0 radical (unpaired) electrons. The van der Waals surface area contributed by atoms with Crippen LogP contribution in [-0.4, -0.2) is 52.3 Å². The van der Waals surface area contributed by atoms with Gasteiger partial charge in [-0.1, -0.05) is 11.2 Å². The minimum atomic E-state index is -0.373. The van der Waals surface area contributed by atoms with Crippen molar-refractivity contribution in [3.05, 3.63) is 35.6 Å². The van der Waals surface area contributed by atoms with Gasteiger partial charge in [-0.3, -0.25) is 4.79 Å². The Morgan fingerprint density at radius 2 is 2.19 bits per heavy atom. The van der Waals surface area contributed by atoms with Crippen LogP contribution >= 0.6 is 0 Å². The van der Waals surface area contributed by atoms with Crippen molar-refractivity contribution in [1.29, 1.82) is 0 Å². The van der Waals surface area contributed by atoms with Crippen molar-refractivity contribution in [2.24, 2.45) is 0 Å². The van der Waals surface area contributed by atoms with Crippen LogP contribution in [0.5, 0.6) is 5.88 Å². The number of hydrogen-bond donors (Lipinski definition) is 0. The molecule has 8 heteroatoms. The number of pyridine rings is 1. The summed E-state index contributed by atoms with van der Waals surface area (Å²) in [4.78, 5) is 23.6. The van der Waals surface area contributed by atoms with Crippen molar-refractivity contribution in [1.82, 2.24) is 20.0 Å². The molecule has 0 spiro atoms. The van der Waals surface area contributed by atoms with Gasteiger partial charge in [0.1, 0.15) is 6.04 Å². The summed E-state index contributed by atoms with van der Waals surface area (Å²) in [6.45, 7) is 2.90. The molecule has 26 heavy (non-hydrogen) atoms. The number of amides is 1. The van der Waals surface area contributed by atoms with Crippen molar-refractivity contribution in [3.63, 3.8) is 0 Å². The molecule has 8 nitrogen and oxygen atoms in total. The first kappa shape index (κ1) is 17.0. The van der Waals surface area contributed by atoms with Crippen molar-refractivity contribution in [2.75, 3.05) is 20.3 Å². The maximum absolute atomic E-state index is 12.9. The van der Waals surface area contributed by atoms with Crippen LogP contribution < -0.4 is 4.74 Å². The van der Waals surface area contributed by atoms with Gasteiger partial charge in [0.15, 0.2) is 5.82 Å². The molecule has 1 amide bonds. The van der Waals surface area contributed by atoms with E-state index in [1.54, 1.807) is 18.1 Å². The standard InChI is InChI=1S/C18H22N4O4/c1-11-16(18-20-17(21-26-18)12-6-7-12)22(8-9-25-11)15(23)10-13-4-3-5-14(19-13)24-2/h3-5,11-12,16H,6-10H2,1-2H3/t11-,16+/m1/s1. The summed E-state index contributed by atoms with van der Waals surface area (Å²) in [7, 11) is 1.56. The Hall–Kier alpha value is -2.48. The van der Waals surface area contributed by atoms with Crippen LogP contribution in [0.4, 0.5) is 0 Å². The minimum absolute atomic E-state index is 0.0444. The molecule has 0 aromatic carbocycles. The Labute approximate surface area is 151 Å². The van der Waals surface area contributed by atoms with Crippen LogP contribution in [0.2, 0.25) is 0 Å². The summed E-state index contributed by atoms with van der Waals surface area (Å²) in [5.41, 5.74) is 0.663. The van der Waals surface area contributed by atoms with Gasteiger partial charge in [-0.2, -0.15) is 4.98 Å². The summed E-state index contributed by atoms with van der Waals surface area (Å²) in [6, 6.07) is 5.03. The predicted molar refractivity (Wildman–Crippen MR) is 90.6 cm³/mol. The molecule has 2 aromatic heterocycles. The fourth-order valence-electron chi connectivity index (χ4n) is 3.24. The molecule has 1 aliphatic carbocycles. The lowest BCUT2D eigenvalue weighted by Gasteiger charge is -2.37. The molecule has 0 bridgehead atoms. The number of carbonyl (C=O) groups is 1. The van der Waals surface area contributed by atoms with Crippen molar-refractivity contribution >= 4 is 5.91 Å². The monoisotopic (exact) mass is 358 g/mol. The Bertz CT molecular complexity index is 789. The van der Waals surface area contributed by atoms with Gasteiger partial charge in [0.25, 0.3) is 5.89 Å². The molecule has 2 aliphatic rings. The normalized spacial score (nSPS) is 23.1. The fraction of sp³-hybridized carbons (Fsp3) is 0.556. The van der Waals surface area contributed by atoms with Crippen molar-refractivity contribution in [2.45, 2.75) is 44.2 Å². The SMILES string of the molecule is COc1cccc(CC(=O)N2CCO[C@H](C)[C@H]2c2nc(C3CC3)no2)n1. The van der Waals surface area contributed by atoms with E-state index >= 15 is 0 Å². The van der Waals surface area contributed by atoms with E-state index in [4.69, 9.17) is 14.0 Å². The topological polar surface area (TPSA) is 90.6 Å². The molecule has 2 aromatic rings. The summed E-state index contributed by atoms with van der Waals surface area (Å²) < 4.78 is 16.3. The maximum Gasteiger partial charge on any atom is 0.252 e. The third-order valence-electron chi connectivity index (χ3n) is 4.79. The number of hydrogen-bond acceptors (Lipinski definition) is 7. The van der Waals surface area contributed by atoms with Crippen LogP contribution in [0.25, 0.3) is 0 Å². The van der Waals surface area contributed by atoms with E-state index in [1.807, 2.05) is 19.1 Å². The predicted octanol–water partition coefficient (Wildman–Crippen LogP) is 1.88. The zero-order valence-electron chi connectivity index (χ0n) is 14.9. The van der Waals surface area contributed by atoms with Crippen LogP contribution in [0, 0.1) is 0 Å². The van der Waals surface area contributed by atoms with E-state index in [0.717, 1.165) is 18.7 Å². The Morgan fingerprint density at radius 3 is 2.96 bits per heavy atom. The molecule has 2 atom stereocenters. The van der Waals surface area contributed by atoms with E-state index in [1.165, 1.54) is 0 Å². The first-order valence-electron chi connectivity index (χ1n) is 8.90. The number of nitrogens with zero attached hydrogens (tertiary/aromatic N) is 4. The van der Waals surface area contributed by atoms with Gasteiger partial charge in [0, 0.05) is 18.5 Å². The van der Waals surface area contributed by atoms with Gasteiger partial charge in [0.05, 0.1) is 31.9 Å². The molecule has 138 valence electrons. The second-order valence-electron chi connectivity index (χ2n) is 6.72. The van der Waals surface area contributed by atoms with E-state index in [9.17, 15) is 4.79 Å². The van der Waals surface area contributed by atoms with Crippen LogP contribution in [0.15, 0.2) is 22.7 Å². The van der Waals surface area contributed by atoms with Crippen LogP contribution in [0.3, 0.4) is 0 Å². The van der Waals surface area contributed by atoms with E-state index < -0.39 is 0 Å². The minimum Gasteiger partial charge on any atom is -0.481 e.